The molecule has 0 spiro atoms. The highest BCUT2D eigenvalue weighted by Crippen LogP contribution is 2.33. The molecule has 0 amide bonds. The van der Waals surface area contributed by atoms with Crippen LogP contribution in [0.15, 0.2) is 30.3 Å². The summed E-state index contributed by atoms with van der Waals surface area (Å²) < 4.78 is 5.08. The van der Waals surface area contributed by atoms with Crippen molar-refractivity contribution in [1.29, 1.82) is 0 Å². The second kappa shape index (κ2) is 7.05. The predicted molar refractivity (Wildman–Crippen MR) is 73.0 cm³/mol. The standard InChI is InChI=1S/C15H19NO4/c17-14(20-10-12-4-2-1-3-5-12)9-16-13(15(18)19)8-11-6-7-11/h1-5,11,13,16H,6-10H2,(H,18,19)/t13-/m0/s1. The average Bonchev–Trinajstić information content (AvgIpc) is 3.26. The van der Waals surface area contributed by atoms with E-state index in [1.54, 1.807) is 0 Å². The zero-order chi connectivity index (χ0) is 14.4. The summed E-state index contributed by atoms with van der Waals surface area (Å²) in [4.78, 5) is 22.6. The lowest BCUT2D eigenvalue weighted by Gasteiger charge is -2.13. The number of esters is 1. The van der Waals surface area contributed by atoms with Crippen LogP contribution in [0.5, 0.6) is 0 Å². The van der Waals surface area contributed by atoms with Gasteiger partial charge in [0.05, 0.1) is 6.54 Å². The van der Waals surface area contributed by atoms with Crippen LogP contribution in [0, 0.1) is 5.92 Å². The molecule has 0 unspecified atom stereocenters. The molecule has 1 atom stereocenters. The molecule has 0 aromatic heterocycles. The highest BCUT2D eigenvalue weighted by Gasteiger charge is 2.29. The summed E-state index contributed by atoms with van der Waals surface area (Å²) in [6.07, 6.45) is 2.76. The van der Waals surface area contributed by atoms with Gasteiger partial charge in [-0.1, -0.05) is 43.2 Å². The van der Waals surface area contributed by atoms with Crippen molar-refractivity contribution in [2.75, 3.05) is 6.54 Å². The number of carboxylic acid groups (broad SMARTS) is 1. The molecule has 5 nitrogen and oxygen atoms in total. The van der Waals surface area contributed by atoms with Crippen LogP contribution in [-0.2, 0) is 20.9 Å². The van der Waals surface area contributed by atoms with Gasteiger partial charge in [-0.25, -0.2) is 0 Å². The summed E-state index contributed by atoms with van der Waals surface area (Å²) in [5.41, 5.74) is 0.911. The van der Waals surface area contributed by atoms with Crippen LogP contribution >= 0.6 is 0 Å². The van der Waals surface area contributed by atoms with E-state index in [9.17, 15) is 9.59 Å². The van der Waals surface area contributed by atoms with Gasteiger partial charge < -0.3 is 9.84 Å². The molecular weight excluding hydrogens is 258 g/mol. The van der Waals surface area contributed by atoms with E-state index in [1.807, 2.05) is 30.3 Å². The van der Waals surface area contributed by atoms with E-state index in [2.05, 4.69) is 5.32 Å². The van der Waals surface area contributed by atoms with Gasteiger partial charge in [0.15, 0.2) is 0 Å². The number of ether oxygens (including phenoxy) is 1. The molecule has 0 saturated heterocycles. The van der Waals surface area contributed by atoms with Gasteiger partial charge in [0.1, 0.15) is 12.6 Å². The van der Waals surface area contributed by atoms with Gasteiger partial charge in [-0.3, -0.25) is 14.9 Å². The van der Waals surface area contributed by atoms with Crippen molar-refractivity contribution < 1.29 is 19.4 Å². The Kier molecular flexibility index (Phi) is 5.12. The Morgan fingerprint density at radius 3 is 2.60 bits per heavy atom. The van der Waals surface area contributed by atoms with E-state index < -0.39 is 18.0 Å². The van der Waals surface area contributed by atoms with Crippen molar-refractivity contribution in [3.05, 3.63) is 35.9 Å². The van der Waals surface area contributed by atoms with E-state index in [-0.39, 0.29) is 13.2 Å². The Morgan fingerprint density at radius 1 is 1.30 bits per heavy atom. The molecule has 1 fully saturated rings. The van der Waals surface area contributed by atoms with E-state index in [0.717, 1.165) is 18.4 Å². The third-order valence-corrected chi connectivity index (χ3v) is 3.30. The first-order valence-electron chi connectivity index (χ1n) is 6.81. The molecule has 108 valence electrons. The van der Waals surface area contributed by atoms with Crippen molar-refractivity contribution in [3.8, 4) is 0 Å². The molecule has 1 saturated carbocycles. The summed E-state index contributed by atoms with van der Waals surface area (Å²) in [7, 11) is 0. The maximum atomic E-state index is 11.6. The van der Waals surface area contributed by atoms with E-state index in [0.29, 0.717) is 12.3 Å². The molecule has 0 heterocycles. The smallest absolute Gasteiger partial charge is 0.320 e. The second-order valence-electron chi connectivity index (χ2n) is 5.10. The maximum absolute atomic E-state index is 11.6. The molecule has 20 heavy (non-hydrogen) atoms. The largest absolute Gasteiger partial charge is 0.480 e. The highest BCUT2D eigenvalue weighted by molar-refractivity contribution is 5.76. The zero-order valence-electron chi connectivity index (χ0n) is 11.2. The minimum atomic E-state index is -0.909. The quantitative estimate of drug-likeness (QED) is 0.705. The minimum absolute atomic E-state index is 0.0729. The number of hydrogen-bond donors (Lipinski definition) is 2. The average molecular weight is 277 g/mol. The number of aliphatic carboxylic acids is 1. The lowest BCUT2D eigenvalue weighted by Crippen LogP contribution is -2.40. The molecule has 0 radical (unpaired) electrons. The first-order chi connectivity index (χ1) is 9.65. The lowest BCUT2D eigenvalue weighted by atomic mass is 10.1. The fourth-order valence-corrected chi connectivity index (χ4v) is 1.95. The Hall–Kier alpha value is -1.88. The van der Waals surface area contributed by atoms with Crippen molar-refractivity contribution in [2.45, 2.75) is 31.9 Å². The van der Waals surface area contributed by atoms with Gasteiger partial charge in [-0.05, 0) is 17.9 Å². The summed E-state index contributed by atoms with van der Waals surface area (Å²) in [5.74, 6) is -0.854. The molecule has 2 rings (SSSR count). The first kappa shape index (κ1) is 14.5. The number of rotatable bonds is 8. The number of carbonyl (C=O) groups excluding carboxylic acids is 1. The number of nitrogens with one attached hydrogen (secondary N) is 1. The minimum Gasteiger partial charge on any atom is -0.480 e. The number of carbonyl (C=O) groups is 2. The van der Waals surface area contributed by atoms with Gasteiger partial charge in [0.2, 0.25) is 0 Å². The van der Waals surface area contributed by atoms with E-state index in [4.69, 9.17) is 9.84 Å². The fraction of sp³-hybridized carbons (Fsp3) is 0.467. The molecule has 2 N–H and O–H groups in total. The Morgan fingerprint density at radius 2 is 2.00 bits per heavy atom. The zero-order valence-corrected chi connectivity index (χ0v) is 11.2. The number of carboxylic acids is 1. The summed E-state index contributed by atoms with van der Waals surface area (Å²) in [6.45, 7) is 0.137. The fourth-order valence-electron chi connectivity index (χ4n) is 1.95. The van der Waals surface area contributed by atoms with Gasteiger partial charge in [0, 0.05) is 0 Å². The van der Waals surface area contributed by atoms with Crippen molar-refractivity contribution in [3.63, 3.8) is 0 Å². The van der Waals surface area contributed by atoms with Crippen LogP contribution in [0.1, 0.15) is 24.8 Å². The summed E-state index contributed by atoms with van der Waals surface area (Å²) >= 11 is 0. The lowest BCUT2D eigenvalue weighted by molar-refractivity contribution is -0.144. The van der Waals surface area contributed by atoms with Gasteiger partial charge in [-0.15, -0.1) is 0 Å². The summed E-state index contributed by atoms with van der Waals surface area (Å²) in [5, 5.41) is 11.8. The van der Waals surface area contributed by atoms with Crippen LogP contribution in [0.25, 0.3) is 0 Å². The number of hydrogen-bond acceptors (Lipinski definition) is 4. The molecule has 1 aliphatic rings. The van der Waals surface area contributed by atoms with Gasteiger partial charge >= 0.3 is 11.9 Å². The normalized spacial score (nSPS) is 15.6. The molecule has 5 heteroatoms. The number of benzene rings is 1. The van der Waals surface area contributed by atoms with Crippen molar-refractivity contribution in [1.82, 2.24) is 5.32 Å². The Bertz CT molecular complexity index is 456. The molecule has 0 aliphatic heterocycles. The van der Waals surface area contributed by atoms with Crippen LogP contribution in [-0.4, -0.2) is 29.6 Å². The SMILES string of the molecule is O=C(CN[C@@H](CC1CC1)C(=O)O)OCc1ccccc1. The van der Waals surface area contributed by atoms with E-state index >= 15 is 0 Å². The third-order valence-electron chi connectivity index (χ3n) is 3.30. The molecule has 1 aliphatic carbocycles. The predicted octanol–water partition coefficient (Wildman–Crippen LogP) is 1.57. The highest BCUT2D eigenvalue weighted by atomic mass is 16.5. The van der Waals surface area contributed by atoms with Crippen LogP contribution < -0.4 is 5.32 Å². The Labute approximate surface area is 117 Å². The molecule has 0 bridgehead atoms. The van der Waals surface area contributed by atoms with Crippen LogP contribution in [0.3, 0.4) is 0 Å². The van der Waals surface area contributed by atoms with Gasteiger partial charge in [-0.2, -0.15) is 0 Å². The monoisotopic (exact) mass is 277 g/mol. The first-order valence-corrected chi connectivity index (χ1v) is 6.81. The molecule has 1 aromatic rings. The molecule has 1 aromatic carbocycles. The van der Waals surface area contributed by atoms with Crippen LogP contribution in [0.2, 0.25) is 0 Å². The van der Waals surface area contributed by atoms with E-state index in [1.165, 1.54) is 0 Å². The summed E-state index contributed by atoms with van der Waals surface area (Å²) in [6, 6.07) is 8.71. The van der Waals surface area contributed by atoms with Crippen molar-refractivity contribution in [2.24, 2.45) is 5.92 Å². The Balaban J connectivity index is 1.69. The van der Waals surface area contributed by atoms with Crippen LogP contribution in [0.4, 0.5) is 0 Å². The molecular formula is C15H19NO4. The van der Waals surface area contributed by atoms with Gasteiger partial charge in [0.25, 0.3) is 0 Å². The third kappa shape index (κ3) is 5.01. The van der Waals surface area contributed by atoms with Crippen molar-refractivity contribution >= 4 is 11.9 Å². The topological polar surface area (TPSA) is 75.6 Å². The second-order valence-corrected chi connectivity index (χ2v) is 5.10. The maximum Gasteiger partial charge on any atom is 0.320 e.